The van der Waals surface area contributed by atoms with E-state index in [0.29, 0.717) is 36.2 Å². The molecule has 1 atom stereocenters. The highest BCUT2D eigenvalue weighted by Gasteiger charge is 2.32. The molecule has 2 aliphatic rings. The molecule has 1 saturated carbocycles. The Balaban J connectivity index is 1.45. The largest absolute Gasteiger partial charge is 0.339 e. The fourth-order valence-electron chi connectivity index (χ4n) is 3.38. The molecule has 0 N–H and O–H groups in total. The number of hydrogen-bond acceptors (Lipinski definition) is 5. The van der Waals surface area contributed by atoms with Crippen molar-refractivity contribution in [1.29, 1.82) is 0 Å². The van der Waals surface area contributed by atoms with Crippen molar-refractivity contribution in [2.75, 3.05) is 13.1 Å². The van der Waals surface area contributed by atoms with Crippen LogP contribution >= 0.6 is 0 Å². The summed E-state index contributed by atoms with van der Waals surface area (Å²) in [5, 5.41) is 4.05. The minimum absolute atomic E-state index is 0.224. The summed E-state index contributed by atoms with van der Waals surface area (Å²) < 4.78 is 32.7. The van der Waals surface area contributed by atoms with Crippen LogP contribution in [-0.2, 0) is 16.4 Å². The summed E-state index contributed by atoms with van der Waals surface area (Å²) >= 11 is 0. The van der Waals surface area contributed by atoms with Crippen LogP contribution in [-0.4, -0.2) is 36.0 Å². The first-order valence-electron chi connectivity index (χ1n) is 8.91. The van der Waals surface area contributed by atoms with Crippen molar-refractivity contribution in [1.82, 2.24) is 14.4 Å². The molecule has 1 saturated heterocycles. The molecule has 1 aliphatic carbocycles. The molecular weight excluding hydrogens is 338 g/mol. The lowest BCUT2D eigenvalue weighted by atomic mass is 9.96. The third-order valence-corrected chi connectivity index (χ3v) is 6.91. The zero-order chi connectivity index (χ0) is 17.4. The van der Waals surface area contributed by atoms with Crippen LogP contribution in [0.3, 0.4) is 0 Å². The predicted molar refractivity (Wildman–Crippen MR) is 92.6 cm³/mol. The Morgan fingerprint density at radius 3 is 2.68 bits per heavy atom. The lowest BCUT2D eigenvalue weighted by Gasteiger charge is -2.31. The van der Waals surface area contributed by atoms with Crippen LogP contribution in [0.1, 0.15) is 48.9 Å². The highest BCUT2D eigenvalue weighted by molar-refractivity contribution is 7.89. The van der Waals surface area contributed by atoms with E-state index in [2.05, 4.69) is 10.1 Å². The Labute approximate surface area is 148 Å². The molecule has 2 fully saturated rings. The van der Waals surface area contributed by atoms with Crippen molar-refractivity contribution in [2.24, 2.45) is 5.92 Å². The molecular formula is C18H23N3O3S. The number of benzene rings is 1. The smallest absolute Gasteiger partial charge is 0.243 e. The summed E-state index contributed by atoms with van der Waals surface area (Å²) in [7, 11) is -3.44. The molecule has 0 amide bonds. The van der Waals surface area contributed by atoms with Gasteiger partial charge in [0.1, 0.15) is 0 Å². The topological polar surface area (TPSA) is 76.3 Å². The van der Waals surface area contributed by atoms with Gasteiger partial charge in [-0.05, 0) is 50.7 Å². The highest BCUT2D eigenvalue weighted by Crippen LogP contribution is 2.38. The minimum Gasteiger partial charge on any atom is -0.339 e. The van der Waals surface area contributed by atoms with E-state index < -0.39 is 10.0 Å². The van der Waals surface area contributed by atoms with Crippen LogP contribution in [0.5, 0.6) is 0 Å². The van der Waals surface area contributed by atoms with Crippen molar-refractivity contribution in [2.45, 2.75) is 49.8 Å². The molecule has 1 aliphatic heterocycles. The van der Waals surface area contributed by atoms with E-state index in [1.165, 1.54) is 0 Å². The van der Waals surface area contributed by atoms with Crippen LogP contribution in [0.2, 0.25) is 0 Å². The molecule has 0 spiro atoms. The van der Waals surface area contributed by atoms with Gasteiger partial charge in [-0.15, -0.1) is 0 Å². The van der Waals surface area contributed by atoms with E-state index in [4.69, 9.17) is 4.52 Å². The standard InChI is InChI=1S/C18H23N3O3S/c1-13-4-8-16(9-5-13)25(22,23)21-10-2-3-14(12-21)11-17-19-18(20-24-17)15-6-7-15/h4-5,8-9,14-15H,2-3,6-7,10-12H2,1H3. The molecule has 2 heterocycles. The Kier molecular flexibility index (Phi) is 4.37. The average molecular weight is 361 g/mol. The van der Waals surface area contributed by atoms with Gasteiger partial charge in [0, 0.05) is 25.4 Å². The second-order valence-electron chi connectivity index (χ2n) is 7.21. The van der Waals surface area contributed by atoms with Crippen LogP contribution in [0.15, 0.2) is 33.7 Å². The monoisotopic (exact) mass is 361 g/mol. The Hall–Kier alpha value is -1.73. The van der Waals surface area contributed by atoms with Gasteiger partial charge in [0.15, 0.2) is 5.82 Å². The van der Waals surface area contributed by atoms with Gasteiger partial charge in [-0.2, -0.15) is 9.29 Å². The van der Waals surface area contributed by atoms with E-state index in [1.807, 2.05) is 19.1 Å². The summed E-state index contributed by atoms with van der Waals surface area (Å²) in [5.74, 6) is 2.15. The SMILES string of the molecule is Cc1ccc(S(=O)(=O)N2CCCC(Cc3nc(C4CC4)no3)C2)cc1. The maximum absolute atomic E-state index is 12.9. The van der Waals surface area contributed by atoms with E-state index in [9.17, 15) is 8.42 Å². The first kappa shape index (κ1) is 16.7. The third kappa shape index (κ3) is 3.62. The summed E-state index contributed by atoms with van der Waals surface area (Å²) in [6.07, 6.45) is 4.79. The summed E-state index contributed by atoms with van der Waals surface area (Å²) in [5.41, 5.74) is 1.05. The second-order valence-corrected chi connectivity index (χ2v) is 9.15. The molecule has 25 heavy (non-hydrogen) atoms. The quantitative estimate of drug-likeness (QED) is 0.818. The highest BCUT2D eigenvalue weighted by atomic mass is 32.2. The summed E-state index contributed by atoms with van der Waals surface area (Å²) in [6.45, 7) is 3.04. The number of hydrogen-bond donors (Lipinski definition) is 0. The van der Waals surface area contributed by atoms with Gasteiger partial charge < -0.3 is 4.52 Å². The van der Waals surface area contributed by atoms with E-state index >= 15 is 0 Å². The molecule has 1 unspecified atom stereocenters. The predicted octanol–water partition coefficient (Wildman–Crippen LogP) is 2.90. The lowest BCUT2D eigenvalue weighted by molar-refractivity contribution is 0.247. The number of piperidine rings is 1. The molecule has 0 radical (unpaired) electrons. The summed E-state index contributed by atoms with van der Waals surface area (Å²) in [6, 6.07) is 7.06. The van der Waals surface area contributed by atoms with Gasteiger partial charge in [0.2, 0.25) is 15.9 Å². The molecule has 4 rings (SSSR count). The maximum atomic E-state index is 12.9. The summed E-state index contributed by atoms with van der Waals surface area (Å²) in [4.78, 5) is 4.84. The normalized spacial score (nSPS) is 22.2. The van der Waals surface area contributed by atoms with Crippen molar-refractivity contribution in [3.05, 3.63) is 41.5 Å². The van der Waals surface area contributed by atoms with Crippen molar-refractivity contribution < 1.29 is 12.9 Å². The first-order chi connectivity index (χ1) is 12.0. The Morgan fingerprint density at radius 1 is 1.20 bits per heavy atom. The molecule has 2 aromatic rings. The molecule has 1 aromatic carbocycles. The second kappa shape index (κ2) is 6.53. The number of aryl methyl sites for hydroxylation is 1. The molecule has 134 valence electrons. The van der Waals surface area contributed by atoms with Gasteiger partial charge in [0.25, 0.3) is 0 Å². The van der Waals surface area contributed by atoms with Crippen LogP contribution in [0, 0.1) is 12.8 Å². The lowest BCUT2D eigenvalue weighted by Crippen LogP contribution is -2.40. The molecule has 7 heteroatoms. The zero-order valence-corrected chi connectivity index (χ0v) is 15.2. The van der Waals surface area contributed by atoms with Crippen molar-refractivity contribution in [3.63, 3.8) is 0 Å². The van der Waals surface area contributed by atoms with Crippen LogP contribution in [0.4, 0.5) is 0 Å². The number of rotatable bonds is 5. The molecule has 1 aromatic heterocycles. The fourth-order valence-corrected chi connectivity index (χ4v) is 4.93. The number of sulfonamides is 1. The number of aromatic nitrogens is 2. The number of nitrogens with zero attached hydrogens (tertiary/aromatic N) is 3. The molecule has 6 nitrogen and oxygen atoms in total. The van der Waals surface area contributed by atoms with Crippen LogP contribution < -0.4 is 0 Å². The van der Waals surface area contributed by atoms with Crippen LogP contribution in [0.25, 0.3) is 0 Å². The van der Waals surface area contributed by atoms with Gasteiger partial charge in [0.05, 0.1) is 4.90 Å². The molecule has 0 bridgehead atoms. The van der Waals surface area contributed by atoms with Crippen molar-refractivity contribution >= 4 is 10.0 Å². The average Bonchev–Trinajstić information content (AvgIpc) is 3.36. The van der Waals surface area contributed by atoms with Gasteiger partial charge in [-0.25, -0.2) is 8.42 Å². The van der Waals surface area contributed by atoms with Gasteiger partial charge in [-0.1, -0.05) is 22.9 Å². The van der Waals surface area contributed by atoms with Crippen molar-refractivity contribution in [3.8, 4) is 0 Å². The minimum atomic E-state index is -3.44. The van der Waals surface area contributed by atoms with E-state index in [0.717, 1.165) is 37.1 Å². The van der Waals surface area contributed by atoms with Gasteiger partial charge in [-0.3, -0.25) is 0 Å². The zero-order valence-electron chi connectivity index (χ0n) is 14.4. The van der Waals surface area contributed by atoms with E-state index in [-0.39, 0.29) is 5.92 Å². The maximum Gasteiger partial charge on any atom is 0.243 e. The Bertz CT molecular complexity index is 841. The first-order valence-corrected chi connectivity index (χ1v) is 10.4. The van der Waals surface area contributed by atoms with Gasteiger partial charge >= 0.3 is 0 Å². The Morgan fingerprint density at radius 2 is 1.96 bits per heavy atom. The van der Waals surface area contributed by atoms with E-state index in [1.54, 1.807) is 16.4 Å². The fraction of sp³-hybridized carbons (Fsp3) is 0.556. The third-order valence-electron chi connectivity index (χ3n) is 5.03.